The van der Waals surface area contributed by atoms with Crippen molar-refractivity contribution in [2.45, 2.75) is 12.8 Å². The van der Waals surface area contributed by atoms with E-state index in [1.54, 1.807) is 18.2 Å². The van der Waals surface area contributed by atoms with Crippen LogP contribution in [0.3, 0.4) is 0 Å². The Morgan fingerprint density at radius 3 is 3.00 bits per heavy atom. The van der Waals surface area contributed by atoms with Crippen LogP contribution in [0.15, 0.2) is 22.7 Å². The topological polar surface area (TPSA) is 41.1 Å². The molecule has 0 aliphatic carbocycles. The highest BCUT2D eigenvalue weighted by Gasteiger charge is 2.15. The Bertz CT molecular complexity index is 437. The SMILES string of the molecule is Cl.O=C(NCC1CCCNC1)c1cc(Cl)ccc1Br. The maximum atomic E-state index is 12.0. The minimum atomic E-state index is -0.0741. The summed E-state index contributed by atoms with van der Waals surface area (Å²) in [5, 5.41) is 6.88. The summed E-state index contributed by atoms with van der Waals surface area (Å²) in [6.07, 6.45) is 2.35. The highest BCUT2D eigenvalue weighted by molar-refractivity contribution is 9.10. The standard InChI is InChI=1S/C13H16BrClN2O.ClH/c14-12-4-3-10(15)6-11(12)13(18)17-8-9-2-1-5-16-7-9;/h3-4,6,9,16H,1-2,5,7-8H2,(H,17,18);1H. The molecule has 1 aromatic rings. The smallest absolute Gasteiger partial charge is 0.252 e. The van der Waals surface area contributed by atoms with Crippen LogP contribution in [0, 0.1) is 5.92 Å². The van der Waals surface area contributed by atoms with Gasteiger partial charge in [0.05, 0.1) is 5.56 Å². The van der Waals surface area contributed by atoms with Gasteiger partial charge in [-0.1, -0.05) is 11.6 Å². The minimum Gasteiger partial charge on any atom is -0.352 e. The van der Waals surface area contributed by atoms with Crippen LogP contribution < -0.4 is 10.6 Å². The van der Waals surface area contributed by atoms with Gasteiger partial charge in [0.15, 0.2) is 0 Å². The molecule has 106 valence electrons. The highest BCUT2D eigenvalue weighted by Crippen LogP contribution is 2.21. The molecule has 1 aliphatic rings. The third kappa shape index (κ3) is 4.95. The van der Waals surface area contributed by atoms with E-state index < -0.39 is 0 Å². The summed E-state index contributed by atoms with van der Waals surface area (Å²) in [7, 11) is 0. The van der Waals surface area contributed by atoms with Crippen molar-refractivity contribution in [2.75, 3.05) is 19.6 Å². The molecule has 0 radical (unpaired) electrons. The van der Waals surface area contributed by atoms with Gasteiger partial charge in [-0.15, -0.1) is 12.4 Å². The Kier molecular flexibility index (Phi) is 7.15. The maximum Gasteiger partial charge on any atom is 0.252 e. The van der Waals surface area contributed by atoms with Crippen molar-refractivity contribution in [3.05, 3.63) is 33.3 Å². The number of benzene rings is 1. The molecule has 1 saturated heterocycles. The van der Waals surface area contributed by atoms with Crippen LogP contribution >= 0.6 is 39.9 Å². The lowest BCUT2D eigenvalue weighted by molar-refractivity contribution is 0.0944. The number of hydrogen-bond donors (Lipinski definition) is 2. The van der Waals surface area contributed by atoms with E-state index in [0.29, 0.717) is 23.0 Å². The maximum absolute atomic E-state index is 12.0. The van der Waals surface area contributed by atoms with Crippen LogP contribution in [-0.2, 0) is 0 Å². The first-order chi connectivity index (χ1) is 8.66. The lowest BCUT2D eigenvalue weighted by atomic mass is 10.00. The van der Waals surface area contributed by atoms with Crippen molar-refractivity contribution in [3.8, 4) is 0 Å². The van der Waals surface area contributed by atoms with Crippen LogP contribution in [0.4, 0.5) is 0 Å². The number of nitrogens with one attached hydrogen (secondary N) is 2. The molecule has 1 unspecified atom stereocenters. The summed E-state index contributed by atoms with van der Waals surface area (Å²) in [5.41, 5.74) is 0.589. The van der Waals surface area contributed by atoms with Gasteiger partial charge in [-0.2, -0.15) is 0 Å². The number of carbonyl (C=O) groups excluding carboxylic acids is 1. The molecule has 6 heteroatoms. The third-order valence-corrected chi connectivity index (χ3v) is 4.05. The molecular weight excluding hydrogens is 351 g/mol. The second-order valence-corrected chi connectivity index (χ2v) is 5.84. The van der Waals surface area contributed by atoms with Gasteiger partial charge in [0.1, 0.15) is 0 Å². The Morgan fingerprint density at radius 2 is 2.32 bits per heavy atom. The van der Waals surface area contributed by atoms with Crippen LogP contribution in [0.25, 0.3) is 0 Å². The third-order valence-electron chi connectivity index (χ3n) is 3.12. The fraction of sp³-hybridized carbons (Fsp3) is 0.462. The average molecular weight is 368 g/mol. The summed E-state index contributed by atoms with van der Waals surface area (Å²) in [4.78, 5) is 12.0. The highest BCUT2D eigenvalue weighted by atomic mass is 79.9. The predicted octanol–water partition coefficient (Wildman–Crippen LogP) is 3.25. The van der Waals surface area contributed by atoms with Gasteiger partial charge >= 0.3 is 0 Å². The van der Waals surface area contributed by atoms with Crippen molar-refractivity contribution >= 4 is 45.8 Å². The van der Waals surface area contributed by atoms with E-state index in [2.05, 4.69) is 26.6 Å². The van der Waals surface area contributed by atoms with Crippen molar-refractivity contribution in [1.29, 1.82) is 0 Å². The Labute approximate surface area is 133 Å². The van der Waals surface area contributed by atoms with Crippen molar-refractivity contribution in [3.63, 3.8) is 0 Å². The summed E-state index contributed by atoms with van der Waals surface area (Å²) in [6, 6.07) is 5.23. The molecule has 1 heterocycles. The quantitative estimate of drug-likeness (QED) is 0.860. The van der Waals surface area contributed by atoms with Crippen molar-refractivity contribution in [2.24, 2.45) is 5.92 Å². The molecule has 1 amide bonds. The van der Waals surface area contributed by atoms with E-state index in [4.69, 9.17) is 11.6 Å². The lowest BCUT2D eigenvalue weighted by Gasteiger charge is -2.23. The summed E-state index contributed by atoms with van der Waals surface area (Å²) < 4.78 is 0.770. The Morgan fingerprint density at radius 1 is 1.53 bits per heavy atom. The average Bonchev–Trinajstić information content (AvgIpc) is 2.40. The lowest BCUT2D eigenvalue weighted by Crippen LogP contribution is -2.38. The number of carbonyl (C=O) groups is 1. The van der Waals surface area contributed by atoms with Gasteiger partial charge in [0, 0.05) is 16.0 Å². The van der Waals surface area contributed by atoms with E-state index in [1.165, 1.54) is 12.8 Å². The van der Waals surface area contributed by atoms with E-state index >= 15 is 0 Å². The molecule has 1 atom stereocenters. The zero-order valence-electron chi connectivity index (χ0n) is 10.4. The van der Waals surface area contributed by atoms with Crippen molar-refractivity contribution < 1.29 is 4.79 Å². The molecule has 1 aliphatic heterocycles. The van der Waals surface area contributed by atoms with Gasteiger partial charge in [-0.05, 0) is 66.0 Å². The molecule has 0 aromatic heterocycles. The fourth-order valence-corrected chi connectivity index (χ4v) is 2.70. The van der Waals surface area contributed by atoms with Crippen LogP contribution in [-0.4, -0.2) is 25.5 Å². The number of piperidine rings is 1. The predicted molar refractivity (Wildman–Crippen MR) is 84.3 cm³/mol. The molecule has 1 fully saturated rings. The fourth-order valence-electron chi connectivity index (χ4n) is 2.10. The second-order valence-electron chi connectivity index (χ2n) is 4.55. The molecule has 0 bridgehead atoms. The van der Waals surface area contributed by atoms with Crippen LogP contribution in [0.5, 0.6) is 0 Å². The van der Waals surface area contributed by atoms with Crippen LogP contribution in [0.2, 0.25) is 5.02 Å². The van der Waals surface area contributed by atoms with Crippen LogP contribution in [0.1, 0.15) is 23.2 Å². The van der Waals surface area contributed by atoms with E-state index in [0.717, 1.165) is 17.6 Å². The molecule has 2 rings (SSSR count). The van der Waals surface area contributed by atoms with Gasteiger partial charge in [-0.25, -0.2) is 0 Å². The zero-order valence-corrected chi connectivity index (χ0v) is 13.6. The van der Waals surface area contributed by atoms with Crippen molar-refractivity contribution in [1.82, 2.24) is 10.6 Å². The molecule has 3 nitrogen and oxygen atoms in total. The summed E-state index contributed by atoms with van der Waals surface area (Å²) in [6.45, 7) is 2.78. The molecular formula is C13H17BrCl2N2O. The molecule has 19 heavy (non-hydrogen) atoms. The number of hydrogen-bond acceptors (Lipinski definition) is 2. The first-order valence-electron chi connectivity index (χ1n) is 6.11. The minimum absolute atomic E-state index is 0. The number of rotatable bonds is 3. The largest absolute Gasteiger partial charge is 0.352 e. The van der Waals surface area contributed by atoms with E-state index in [9.17, 15) is 4.79 Å². The van der Waals surface area contributed by atoms with E-state index in [-0.39, 0.29) is 18.3 Å². The number of amides is 1. The van der Waals surface area contributed by atoms with Gasteiger partial charge in [0.25, 0.3) is 5.91 Å². The van der Waals surface area contributed by atoms with Gasteiger partial charge in [-0.3, -0.25) is 4.79 Å². The molecule has 0 saturated carbocycles. The van der Waals surface area contributed by atoms with Gasteiger partial charge < -0.3 is 10.6 Å². The zero-order chi connectivity index (χ0) is 13.0. The summed E-state index contributed by atoms with van der Waals surface area (Å²) in [5.74, 6) is 0.454. The van der Waals surface area contributed by atoms with Gasteiger partial charge in [0.2, 0.25) is 0 Å². The molecule has 2 N–H and O–H groups in total. The number of halogens is 3. The molecule has 0 spiro atoms. The second kappa shape index (κ2) is 8.10. The normalized spacial score (nSPS) is 18.5. The summed E-state index contributed by atoms with van der Waals surface area (Å²) >= 11 is 9.26. The van der Waals surface area contributed by atoms with E-state index in [1.807, 2.05) is 0 Å². The monoisotopic (exact) mass is 366 g/mol. The first-order valence-corrected chi connectivity index (χ1v) is 7.28. The first kappa shape index (κ1) is 16.8. The Balaban J connectivity index is 0.00000180. The molecule has 1 aromatic carbocycles. The Hall–Kier alpha value is -0.290.